The lowest BCUT2D eigenvalue weighted by molar-refractivity contribution is -0.243. The summed E-state index contributed by atoms with van der Waals surface area (Å²) in [5.74, 6) is 0. The van der Waals surface area contributed by atoms with Crippen LogP contribution in [0.4, 0.5) is 0 Å². The van der Waals surface area contributed by atoms with E-state index in [-0.39, 0.29) is 25.4 Å². The number of rotatable bonds is 7. The predicted octanol–water partition coefficient (Wildman–Crippen LogP) is 2.82. The Bertz CT molecular complexity index is 233. The highest BCUT2D eigenvalue weighted by atomic mass is 16.7. The molecule has 1 fully saturated rings. The van der Waals surface area contributed by atoms with Crippen LogP contribution >= 0.6 is 0 Å². The van der Waals surface area contributed by atoms with E-state index in [9.17, 15) is 10.2 Å². The molecule has 3 N–H and O–H groups in total. The molecular weight excluding hydrogens is 296 g/mol. The minimum absolute atomic E-state index is 0.0419. The first kappa shape index (κ1) is 26.9. The highest BCUT2D eigenvalue weighted by Crippen LogP contribution is 2.22. The first-order valence-electron chi connectivity index (χ1n) is 7.90. The van der Waals surface area contributed by atoms with Crippen molar-refractivity contribution in [2.75, 3.05) is 13.2 Å². The smallest absolute Gasteiger partial charge is 0.161 e. The van der Waals surface area contributed by atoms with E-state index in [1.807, 2.05) is 0 Å². The Morgan fingerprint density at radius 2 is 1.65 bits per heavy atom. The summed E-state index contributed by atoms with van der Waals surface area (Å²) in [4.78, 5) is 0. The molecule has 5 nitrogen and oxygen atoms in total. The lowest BCUT2D eigenvalue weighted by Crippen LogP contribution is -2.41. The van der Waals surface area contributed by atoms with Crippen molar-refractivity contribution >= 4 is 0 Å². The Morgan fingerprint density at radius 3 is 2.09 bits per heavy atom. The Labute approximate surface area is 141 Å². The fourth-order valence-corrected chi connectivity index (χ4v) is 2.00. The number of aliphatic hydroxyl groups excluding tert-OH is 3. The fourth-order valence-electron chi connectivity index (χ4n) is 2.00. The minimum Gasteiger partial charge on any atom is -0.394 e. The second-order valence-corrected chi connectivity index (χ2v) is 4.58. The molecule has 0 radical (unpaired) electrons. The topological polar surface area (TPSA) is 79.2 Å². The van der Waals surface area contributed by atoms with Gasteiger partial charge in [0.2, 0.25) is 0 Å². The van der Waals surface area contributed by atoms with Gasteiger partial charge in [-0.15, -0.1) is 39.5 Å². The molecule has 1 aliphatic rings. The molecule has 0 aromatic heterocycles. The summed E-state index contributed by atoms with van der Waals surface area (Å²) in [7, 11) is 0. The standard InChI is InChI=1S/C12H24O5.3C2H4/c1-2-3-4-10(7-13)16-12-6-9(15)5-11(8-14)17-12;3*1-2/h9-15H,2-8H2,1H3;3*1-2H2. The Kier molecular flexibility index (Phi) is 24.6. The third kappa shape index (κ3) is 14.3. The lowest BCUT2D eigenvalue weighted by atomic mass is 10.1. The number of unbranched alkanes of at least 4 members (excludes halogenated alkanes) is 1. The molecule has 5 heteroatoms. The summed E-state index contributed by atoms with van der Waals surface area (Å²) in [6.07, 6.45) is 2.03. The molecule has 138 valence electrons. The zero-order valence-electron chi connectivity index (χ0n) is 14.7. The van der Waals surface area contributed by atoms with E-state index in [2.05, 4.69) is 46.4 Å². The van der Waals surface area contributed by atoms with Gasteiger partial charge in [0.05, 0.1) is 31.5 Å². The molecule has 4 atom stereocenters. The molecule has 0 bridgehead atoms. The summed E-state index contributed by atoms with van der Waals surface area (Å²) in [6, 6.07) is 0. The molecule has 0 aliphatic carbocycles. The van der Waals surface area contributed by atoms with Gasteiger partial charge in [-0.25, -0.2) is 0 Å². The molecule has 1 saturated heterocycles. The quantitative estimate of drug-likeness (QED) is 0.625. The molecule has 23 heavy (non-hydrogen) atoms. The first-order chi connectivity index (χ1) is 11.2. The summed E-state index contributed by atoms with van der Waals surface area (Å²) >= 11 is 0. The zero-order valence-corrected chi connectivity index (χ0v) is 14.7. The van der Waals surface area contributed by atoms with E-state index < -0.39 is 12.4 Å². The van der Waals surface area contributed by atoms with E-state index in [1.54, 1.807) is 0 Å². The van der Waals surface area contributed by atoms with Crippen LogP contribution in [0.15, 0.2) is 39.5 Å². The minimum atomic E-state index is -0.523. The van der Waals surface area contributed by atoms with Crippen LogP contribution in [-0.2, 0) is 9.47 Å². The molecule has 0 aromatic rings. The zero-order chi connectivity index (χ0) is 18.7. The maximum Gasteiger partial charge on any atom is 0.161 e. The van der Waals surface area contributed by atoms with Gasteiger partial charge < -0.3 is 24.8 Å². The number of ether oxygens (including phenoxy) is 2. The monoisotopic (exact) mass is 332 g/mol. The van der Waals surface area contributed by atoms with Gasteiger partial charge in [0.15, 0.2) is 6.29 Å². The molecule has 1 rings (SSSR count). The van der Waals surface area contributed by atoms with E-state index in [1.165, 1.54) is 0 Å². The third-order valence-corrected chi connectivity index (χ3v) is 2.97. The molecule has 0 amide bonds. The summed E-state index contributed by atoms with van der Waals surface area (Å²) in [5, 5.41) is 27.8. The molecule has 1 aliphatic heterocycles. The number of hydrogen-bond acceptors (Lipinski definition) is 5. The Balaban J connectivity index is -0.000000595. The van der Waals surface area contributed by atoms with E-state index >= 15 is 0 Å². The van der Waals surface area contributed by atoms with Gasteiger partial charge in [0, 0.05) is 12.8 Å². The second kappa shape index (κ2) is 21.0. The Hall–Kier alpha value is -0.980. The van der Waals surface area contributed by atoms with E-state index in [0.29, 0.717) is 12.8 Å². The van der Waals surface area contributed by atoms with Crippen LogP contribution in [0.2, 0.25) is 0 Å². The fraction of sp³-hybridized carbons (Fsp3) is 0.667. The summed E-state index contributed by atoms with van der Waals surface area (Å²) < 4.78 is 11.1. The number of hydrogen-bond donors (Lipinski definition) is 3. The molecule has 0 spiro atoms. The maximum absolute atomic E-state index is 9.61. The average molecular weight is 332 g/mol. The molecule has 4 unspecified atom stereocenters. The van der Waals surface area contributed by atoms with Crippen LogP contribution in [0.1, 0.15) is 39.0 Å². The van der Waals surface area contributed by atoms with Gasteiger partial charge in [-0.2, -0.15) is 0 Å². The van der Waals surface area contributed by atoms with Crippen molar-refractivity contribution in [3.05, 3.63) is 39.5 Å². The summed E-state index contributed by atoms with van der Waals surface area (Å²) in [5.41, 5.74) is 0. The molecule has 0 aromatic carbocycles. The Morgan fingerprint density at radius 1 is 1.09 bits per heavy atom. The van der Waals surface area contributed by atoms with Gasteiger partial charge in [-0.1, -0.05) is 19.8 Å². The largest absolute Gasteiger partial charge is 0.394 e. The van der Waals surface area contributed by atoms with Crippen LogP contribution in [-0.4, -0.2) is 53.1 Å². The van der Waals surface area contributed by atoms with Gasteiger partial charge in [-0.05, 0) is 6.42 Å². The average Bonchev–Trinajstić information content (AvgIpc) is 2.63. The van der Waals surface area contributed by atoms with Crippen LogP contribution in [0.5, 0.6) is 0 Å². The van der Waals surface area contributed by atoms with Gasteiger partial charge >= 0.3 is 0 Å². The van der Waals surface area contributed by atoms with Crippen molar-refractivity contribution < 1.29 is 24.8 Å². The first-order valence-corrected chi connectivity index (χ1v) is 7.90. The predicted molar refractivity (Wildman–Crippen MR) is 96.2 cm³/mol. The van der Waals surface area contributed by atoms with Crippen LogP contribution in [0, 0.1) is 0 Å². The van der Waals surface area contributed by atoms with Crippen LogP contribution in [0.3, 0.4) is 0 Å². The van der Waals surface area contributed by atoms with Crippen molar-refractivity contribution in [1.82, 2.24) is 0 Å². The molecular formula is C18H36O5. The van der Waals surface area contributed by atoms with E-state index in [0.717, 1.165) is 19.3 Å². The molecule has 0 saturated carbocycles. The van der Waals surface area contributed by atoms with Gasteiger partial charge in [0.25, 0.3) is 0 Å². The van der Waals surface area contributed by atoms with Crippen LogP contribution in [0.25, 0.3) is 0 Å². The van der Waals surface area contributed by atoms with Crippen molar-refractivity contribution in [2.24, 2.45) is 0 Å². The van der Waals surface area contributed by atoms with Gasteiger partial charge in [-0.3, -0.25) is 0 Å². The van der Waals surface area contributed by atoms with Crippen molar-refractivity contribution in [1.29, 1.82) is 0 Å². The SMILES string of the molecule is C=C.C=C.C=C.CCCCC(CO)OC1CC(O)CC(CO)O1. The highest BCUT2D eigenvalue weighted by Gasteiger charge is 2.30. The second-order valence-electron chi connectivity index (χ2n) is 4.58. The lowest BCUT2D eigenvalue weighted by Gasteiger charge is -2.34. The van der Waals surface area contributed by atoms with E-state index in [4.69, 9.17) is 14.6 Å². The normalized spacial score (nSPS) is 23.7. The summed E-state index contributed by atoms with van der Waals surface area (Å²) in [6.45, 7) is 19.9. The van der Waals surface area contributed by atoms with Gasteiger partial charge in [0.1, 0.15) is 0 Å². The maximum atomic E-state index is 9.61. The van der Waals surface area contributed by atoms with Crippen molar-refractivity contribution in [3.8, 4) is 0 Å². The highest BCUT2D eigenvalue weighted by molar-refractivity contribution is 4.73. The van der Waals surface area contributed by atoms with Crippen molar-refractivity contribution in [2.45, 2.75) is 63.6 Å². The van der Waals surface area contributed by atoms with Crippen LogP contribution < -0.4 is 0 Å². The van der Waals surface area contributed by atoms with Crippen molar-refractivity contribution in [3.63, 3.8) is 0 Å². The number of aliphatic hydroxyl groups is 3. The third-order valence-electron chi connectivity index (χ3n) is 2.97. The molecule has 1 heterocycles.